The zero-order valence-corrected chi connectivity index (χ0v) is 18.6. The van der Waals surface area contributed by atoms with E-state index in [1.165, 1.54) is 0 Å². The van der Waals surface area contributed by atoms with E-state index < -0.39 is 5.92 Å². The van der Waals surface area contributed by atoms with Gasteiger partial charge in [-0.1, -0.05) is 46.3 Å². The van der Waals surface area contributed by atoms with Gasteiger partial charge in [0.1, 0.15) is 23.1 Å². The third kappa shape index (κ3) is 3.71. The molecular formula is C24H20BrN3O3. The molecule has 7 heteroatoms. The Morgan fingerprint density at radius 1 is 1.23 bits per heavy atom. The van der Waals surface area contributed by atoms with Crippen molar-refractivity contribution in [1.82, 2.24) is 4.57 Å². The number of ether oxygens (including phenoxy) is 2. The third-order valence-corrected chi connectivity index (χ3v) is 5.89. The predicted octanol–water partition coefficient (Wildman–Crippen LogP) is 4.19. The Labute approximate surface area is 188 Å². The number of hydrogen-bond donors (Lipinski definition) is 1. The van der Waals surface area contributed by atoms with Crippen molar-refractivity contribution in [2.45, 2.75) is 19.4 Å². The first-order valence-electron chi connectivity index (χ1n) is 9.64. The highest BCUT2D eigenvalue weighted by Crippen LogP contribution is 2.41. The normalized spacial score (nSPS) is 15.1. The van der Waals surface area contributed by atoms with Crippen LogP contribution in [0.3, 0.4) is 0 Å². The number of para-hydroxylation sites is 1. The van der Waals surface area contributed by atoms with E-state index in [0.29, 0.717) is 23.6 Å². The maximum absolute atomic E-state index is 13.7. The molecule has 6 nitrogen and oxygen atoms in total. The summed E-state index contributed by atoms with van der Waals surface area (Å²) in [5.74, 6) is 0.470. The molecule has 2 heterocycles. The van der Waals surface area contributed by atoms with Crippen LogP contribution >= 0.6 is 15.9 Å². The van der Waals surface area contributed by atoms with Crippen LogP contribution in [0.25, 0.3) is 0 Å². The van der Waals surface area contributed by atoms with Gasteiger partial charge in [-0.2, -0.15) is 5.26 Å². The average molecular weight is 478 g/mol. The van der Waals surface area contributed by atoms with Crippen LogP contribution in [0.1, 0.15) is 28.3 Å². The Kier molecular flexibility index (Phi) is 5.57. The number of aryl methyl sites for hydroxylation is 1. The lowest BCUT2D eigenvalue weighted by atomic mass is 9.84. The summed E-state index contributed by atoms with van der Waals surface area (Å²) >= 11 is 3.47. The van der Waals surface area contributed by atoms with Crippen LogP contribution in [-0.2, 0) is 6.54 Å². The van der Waals surface area contributed by atoms with Gasteiger partial charge in [0.2, 0.25) is 5.88 Å². The van der Waals surface area contributed by atoms with Gasteiger partial charge < -0.3 is 19.8 Å². The number of pyridine rings is 1. The molecule has 0 saturated heterocycles. The van der Waals surface area contributed by atoms with Crippen molar-refractivity contribution < 1.29 is 9.47 Å². The molecule has 1 aliphatic heterocycles. The number of hydrogen-bond acceptors (Lipinski definition) is 5. The van der Waals surface area contributed by atoms with Gasteiger partial charge in [-0.25, -0.2) is 0 Å². The van der Waals surface area contributed by atoms with Crippen LogP contribution in [-0.4, -0.2) is 11.7 Å². The summed E-state index contributed by atoms with van der Waals surface area (Å²) in [6.45, 7) is 2.17. The Morgan fingerprint density at radius 2 is 2.00 bits per heavy atom. The van der Waals surface area contributed by atoms with Crippen LogP contribution in [0.5, 0.6) is 11.5 Å². The standard InChI is InChI=1S/C24H20BrN3O3/c1-14-10-20-22(24(29)28(14)13-16-6-3-4-9-19(16)30-2)21(18(12-26)23(27)31-20)15-7-5-8-17(25)11-15/h3-11,21H,13,27H2,1-2H3/t21-/m0/s1. The first kappa shape index (κ1) is 20.8. The summed E-state index contributed by atoms with van der Waals surface area (Å²) in [4.78, 5) is 13.7. The van der Waals surface area contributed by atoms with E-state index in [9.17, 15) is 10.1 Å². The summed E-state index contributed by atoms with van der Waals surface area (Å²) in [7, 11) is 1.60. The minimum atomic E-state index is -0.622. The quantitative estimate of drug-likeness (QED) is 0.607. The van der Waals surface area contributed by atoms with Gasteiger partial charge in [0.15, 0.2) is 0 Å². The molecule has 0 radical (unpaired) electrons. The molecule has 0 unspecified atom stereocenters. The van der Waals surface area contributed by atoms with Gasteiger partial charge in [-0.3, -0.25) is 4.79 Å². The fourth-order valence-electron chi connectivity index (χ4n) is 3.91. The van der Waals surface area contributed by atoms with Gasteiger partial charge in [-0.05, 0) is 30.7 Å². The minimum Gasteiger partial charge on any atom is -0.496 e. The molecule has 2 aromatic carbocycles. The molecule has 0 fully saturated rings. The Balaban J connectivity index is 1.93. The molecule has 0 saturated carbocycles. The second-order valence-corrected chi connectivity index (χ2v) is 8.16. The number of nitriles is 1. The monoisotopic (exact) mass is 477 g/mol. The molecule has 31 heavy (non-hydrogen) atoms. The molecule has 1 aromatic heterocycles. The van der Waals surface area contributed by atoms with E-state index in [-0.39, 0.29) is 17.0 Å². The second-order valence-electron chi connectivity index (χ2n) is 7.25. The van der Waals surface area contributed by atoms with E-state index in [4.69, 9.17) is 15.2 Å². The van der Waals surface area contributed by atoms with Crippen molar-refractivity contribution >= 4 is 15.9 Å². The van der Waals surface area contributed by atoms with Crippen LogP contribution in [0.4, 0.5) is 0 Å². The molecule has 0 amide bonds. The number of nitrogens with two attached hydrogens (primary N) is 1. The number of allylic oxidation sites excluding steroid dienone is 1. The van der Waals surface area contributed by atoms with Crippen molar-refractivity contribution in [2.75, 3.05) is 7.11 Å². The lowest BCUT2D eigenvalue weighted by Gasteiger charge is -2.27. The van der Waals surface area contributed by atoms with Crippen LogP contribution < -0.4 is 20.8 Å². The number of rotatable bonds is 4. The summed E-state index contributed by atoms with van der Waals surface area (Å²) in [5.41, 5.74) is 8.82. The lowest BCUT2D eigenvalue weighted by molar-refractivity contribution is 0.388. The van der Waals surface area contributed by atoms with Crippen molar-refractivity contribution in [3.8, 4) is 17.6 Å². The Hall–Kier alpha value is -3.50. The van der Waals surface area contributed by atoms with Crippen molar-refractivity contribution in [1.29, 1.82) is 5.26 Å². The summed E-state index contributed by atoms with van der Waals surface area (Å²) in [5, 5.41) is 9.80. The summed E-state index contributed by atoms with van der Waals surface area (Å²) < 4.78 is 13.7. The Bertz CT molecular complexity index is 1300. The van der Waals surface area contributed by atoms with Crippen molar-refractivity contribution in [3.63, 3.8) is 0 Å². The molecular weight excluding hydrogens is 458 g/mol. The van der Waals surface area contributed by atoms with Crippen LogP contribution in [0.15, 0.2) is 75.3 Å². The maximum atomic E-state index is 13.7. The Morgan fingerprint density at radius 3 is 2.71 bits per heavy atom. The van der Waals surface area contributed by atoms with E-state index in [1.807, 2.05) is 55.5 Å². The highest BCUT2D eigenvalue weighted by molar-refractivity contribution is 9.10. The average Bonchev–Trinajstić information content (AvgIpc) is 2.76. The second kappa shape index (κ2) is 8.32. The molecule has 4 rings (SSSR count). The number of benzene rings is 2. The van der Waals surface area contributed by atoms with Gasteiger partial charge in [0, 0.05) is 21.8 Å². The third-order valence-electron chi connectivity index (χ3n) is 5.39. The van der Waals surface area contributed by atoms with E-state index >= 15 is 0 Å². The summed E-state index contributed by atoms with van der Waals surface area (Å²) in [6.07, 6.45) is 0. The molecule has 0 aliphatic carbocycles. The van der Waals surface area contributed by atoms with E-state index in [2.05, 4.69) is 22.0 Å². The van der Waals surface area contributed by atoms with Crippen LogP contribution in [0, 0.1) is 18.3 Å². The summed E-state index contributed by atoms with van der Waals surface area (Å²) in [6, 6.07) is 19.0. The maximum Gasteiger partial charge on any atom is 0.259 e. The van der Waals surface area contributed by atoms with Crippen molar-refractivity contribution in [2.24, 2.45) is 5.73 Å². The van der Waals surface area contributed by atoms with Gasteiger partial charge in [0.25, 0.3) is 5.56 Å². The molecule has 1 atom stereocenters. The molecule has 156 valence electrons. The molecule has 1 aliphatic rings. The number of nitrogens with zero attached hydrogens (tertiary/aromatic N) is 2. The molecule has 2 N–H and O–H groups in total. The van der Waals surface area contributed by atoms with Crippen molar-refractivity contribution in [3.05, 3.63) is 103 Å². The van der Waals surface area contributed by atoms with Gasteiger partial charge in [-0.15, -0.1) is 0 Å². The number of aromatic nitrogens is 1. The number of methoxy groups -OCH3 is 1. The zero-order chi connectivity index (χ0) is 22.1. The topological polar surface area (TPSA) is 90.3 Å². The van der Waals surface area contributed by atoms with Gasteiger partial charge >= 0.3 is 0 Å². The SMILES string of the molecule is COc1ccccc1Cn1c(C)cc2c(c1=O)[C@@H](c1cccc(Br)c1)C(C#N)=C(N)O2. The zero-order valence-electron chi connectivity index (χ0n) is 17.1. The highest BCUT2D eigenvalue weighted by Gasteiger charge is 2.34. The van der Waals surface area contributed by atoms with E-state index in [1.54, 1.807) is 17.7 Å². The van der Waals surface area contributed by atoms with Gasteiger partial charge in [0.05, 0.1) is 25.1 Å². The number of halogens is 1. The minimum absolute atomic E-state index is 0.0151. The highest BCUT2D eigenvalue weighted by atomic mass is 79.9. The first-order valence-corrected chi connectivity index (χ1v) is 10.4. The molecule has 0 spiro atoms. The largest absolute Gasteiger partial charge is 0.496 e. The number of fused-ring (bicyclic) bond motifs is 1. The van der Waals surface area contributed by atoms with Crippen LogP contribution in [0.2, 0.25) is 0 Å². The molecule has 3 aromatic rings. The molecule has 0 bridgehead atoms. The van der Waals surface area contributed by atoms with E-state index in [0.717, 1.165) is 21.3 Å². The fourth-order valence-corrected chi connectivity index (χ4v) is 4.32. The smallest absolute Gasteiger partial charge is 0.259 e. The predicted molar refractivity (Wildman–Crippen MR) is 121 cm³/mol. The fraction of sp³-hybridized carbons (Fsp3) is 0.167. The first-order chi connectivity index (χ1) is 14.9. The lowest BCUT2D eigenvalue weighted by Crippen LogP contribution is -2.33.